The van der Waals surface area contributed by atoms with Crippen molar-refractivity contribution in [3.63, 3.8) is 0 Å². The lowest BCUT2D eigenvalue weighted by molar-refractivity contribution is 0.0940. The Morgan fingerprint density at radius 2 is 1.88 bits per heavy atom. The van der Waals surface area contributed by atoms with Crippen molar-refractivity contribution in [1.29, 1.82) is 0 Å². The molecule has 0 aliphatic rings. The van der Waals surface area contributed by atoms with Gasteiger partial charge in [0.15, 0.2) is 0 Å². The normalized spacial score (nSPS) is 11.5. The van der Waals surface area contributed by atoms with Crippen LogP contribution in [-0.2, 0) is 0 Å². The quantitative estimate of drug-likeness (QED) is 0.813. The lowest BCUT2D eigenvalue weighted by Gasteiger charge is -2.15. The van der Waals surface area contributed by atoms with Gasteiger partial charge in [0.2, 0.25) is 0 Å². The van der Waals surface area contributed by atoms with E-state index in [0.29, 0.717) is 27.6 Å². The van der Waals surface area contributed by atoms with Crippen LogP contribution in [0.4, 0.5) is 5.69 Å². The van der Waals surface area contributed by atoms with E-state index in [1.54, 1.807) is 36.4 Å². The summed E-state index contributed by atoms with van der Waals surface area (Å²) < 4.78 is 5.08. The number of anilines is 1. The number of rotatable bonds is 6. The maximum atomic E-state index is 12.5. The Morgan fingerprint density at radius 3 is 2.52 bits per heavy atom. The van der Waals surface area contributed by atoms with E-state index >= 15 is 0 Å². The van der Waals surface area contributed by atoms with E-state index in [4.69, 9.17) is 16.3 Å². The predicted octanol–water partition coefficient (Wildman–Crippen LogP) is 4.13. The highest BCUT2D eigenvalue weighted by atomic mass is 35.5. The molecule has 25 heavy (non-hydrogen) atoms. The van der Waals surface area contributed by atoms with Crippen LogP contribution < -0.4 is 15.4 Å². The number of hydrogen-bond acceptors (Lipinski definition) is 3. The zero-order chi connectivity index (χ0) is 18.4. The fraction of sp³-hybridized carbons (Fsp3) is 0.263. The summed E-state index contributed by atoms with van der Waals surface area (Å²) in [6, 6.07) is 11.7. The number of halogens is 1. The summed E-state index contributed by atoms with van der Waals surface area (Å²) in [4.78, 5) is 24.9. The number of amides is 2. The van der Waals surface area contributed by atoms with Crippen molar-refractivity contribution in [2.24, 2.45) is 0 Å². The van der Waals surface area contributed by atoms with Crippen molar-refractivity contribution in [2.75, 3.05) is 12.4 Å². The van der Waals surface area contributed by atoms with Crippen molar-refractivity contribution >= 4 is 29.1 Å². The van der Waals surface area contributed by atoms with Crippen molar-refractivity contribution in [1.82, 2.24) is 5.32 Å². The summed E-state index contributed by atoms with van der Waals surface area (Å²) in [5.41, 5.74) is 1.24. The van der Waals surface area contributed by atoms with Gasteiger partial charge in [-0.05, 0) is 43.7 Å². The highest BCUT2D eigenvalue weighted by Gasteiger charge is 2.16. The number of carbonyl (C=O) groups is 2. The molecule has 5 nitrogen and oxygen atoms in total. The zero-order valence-electron chi connectivity index (χ0n) is 14.4. The molecule has 0 spiro atoms. The van der Waals surface area contributed by atoms with Crippen molar-refractivity contribution in [3.05, 3.63) is 58.6 Å². The summed E-state index contributed by atoms with van der Waals surface area (Å²) in [5, 5.41) is 6.01. The van der Waals surface area contributed by atoms with E-state index in [1.807, 2.05) is 13.8 Å². The first kappa shape index (κ1) is 18.8. The first-order valence-corrected chi connectivity index (χ1v) is 8.38. The van der Waals surface area contributed by atoms with Gasteiger partial charge in [0.1, 0.15) is 5.75 Å². The lowest BCUT2D eigenvalue weighted by atomic mass is 10.1. The Bertz CT molecular complexity index is 777. The SMILES string of the molecule is CC[C@H](C)NC(=O)c1ccccc1NC(=O)c1ccc(OC)c(Cl)c1. The second-order valence-corrected chi connectivity index (χ2v) is 6.04. The number of methoxy groups -OCH3 is 1. The molecule has 0 radical (unpaired) electrons. The Labute approximate surface area is 152 Å². The highest BCUT2D eigenvalue weighted by molar-refractivity contribution is 6.32. The smallest absolute Gasteiger partial charge is 0.255 e. The molecule has 0 heterocycles. The van der Waals surface area contributed by atoms with Crippen LogP contribution >= 0.6 is 11.6 Å². The first-order valence-electron chi connectivity index (χ1n) is 8.01. The molecule has 0 aliphatic heterocycles. The van der Waals surface area contributed by atoms with Crippen LogP contribution in [0.25, 0.3) is 0 Å². The van der Waals surface area contributed by atoms with E-state index in [2.05, 4.69) is 10.6 Å². The minimum Gasteiger partial charge on any atom is -0.495 e. The third-order valence-electron chi connectivity index (χ3n) is 3.82. The molecule has 0 fully saturated rings. The average Bonchev–Trinajstić information content (AvgIpc) is 2.61. The average molecular weight is 361 g/mol. The summed E-state index contributed by atoms with van der Waals surface area (Å²) in [6.07, 6.45) is 0.824. The van der Waals surface area contributed by atoms with E-state index in [-0.39, 0.29) is 17.9 Å². The van der Waals surface area contributed by atoms with Crippen LogP contribution in [0.3, 0.4) is 0 Å². The number of carbonyl (C=O) groups excluding carboxylic acids is 2. The van der Waals surface area contributed by atoms with Gasteiger partial charge in [-0.2, -0.15) is 0 Å². The molecule has 1 atom stereocenters. The van der Waals surface area contributed by atoms with E-state index in [0.717, 1.165) is 6.42 Å². The first-order chi connectivity index (χ1) is 12.0. The molecule has 0 aliphatic carbocycles. The van der Waals surface area contributed by atoms with Gasteiger partial charge in [-0.25, -0.2) is 0 Å². The molecule has 0 bridgehead atoms. The number of para-hydroxylation sites is 1. The van der Waals surface area contributed by atoms with Gasteiger partial charge >= 0.3 is 0 Å². The van der Waals surface area contributed by atoms with E-state index < -0.39 is 0 Å². The Hall–Kier alpha value is -2.53. The number of ether oxygens (including phenoxy) is 1. The van der Waals surface area contributed by atoms with Gasteiger partial charge in [-0.15, -0.1) is 0 Å². The Morgan fingerprint density at radius 1 is 1.16 bits per heavy atom. The van der Waals surface area contributed by atoms with E-state index in [1.165, 1.54) is 13.2 Å². The van der Waals surface area contributed by atoms with Gasteiger partial charge in [0.05, 0.1) is 23.4 Å². The molecule has 2 rings (SSSR count). The third kappa shape index (κ3) is 4.73. The minimum atomic E-state index is -0.353. The maximum absolute atomic E-state index is 12.5. The molecule has 0 aromatic heterocycles. The van der Waals surface area contributed by atoms with Gasteiger partial charge < -0.3 is 15.4 Å². The molecule has 132 valence electrons. The summed E-state index contributed by atoms with van der Waals surface area (Å²) in [6.45, 7) is 3.92. The molecule has 0 saturated carbocycles. The van der Waals surface area contributed by atoms with Gasteiger partial charge in [-0.3, -0.25) is 9.59 Å². The molecule has 2 N–H and O–H groups in total. The number of benzene rings is 2. The fourth-order valence-corrected chi connectivity index (χ4v) is 2.45. The molecule has 6 heteroatoms. The van der Waals surface area contributed by atoms with Crippen LogP contribution in [0.15, 0.2) is 42.5 Å². The van der Waals surface area contributed by atoms with Crippen LogP contribution in [0.5, 0.6) is 5.75 Å². The standard InChI is InChI=1S/C19H21ClN2O3/c1-4-12(2)21-19(24)14-7-5-6-8-16(14)22-18(23)13-9-10-17(25-3)15(20)11-13/h5-12H,4H2,1-3H3,(H,21,24)(H,22,23)/t12-/m0/s1. The second-order valence-electron chi connectivity index (χ2n) is 5.63. The molecule has 2 aromatic carbocycles. The summed E-state index contributed by atoms with van der Waals surface area (Å²) in [5.74, 6) is -0.0853. The second kappa shape index (κ2) is 8.53. The molecule has 2 aromatic rings. The fourth-order valence-electron chi connectivity index (χ4n) is 2.20. The molecule has 2 amide bonds. The summed E-state index contributed by atoms with van der Waals surface area (Å²) in [7, 11) is 1.51. The van der Waals surface area contributed by atoms with Crippen LogP contribution in [0, 0.1) is 0 Å². The van der Waals surface area contributed by atoms with Crippen molar-refractivity contribution in [2.45, 2.75) is 26.3 Å². The molecular formula is C19H21ClN2O3. The largest absolute Gasteiger partial charge is 0.495 e. The monoisotopic (exact) mass is 360 g/mol. The van der Waals surface area contributed by atoms with Gasteiger partial charge in [0.25, 0.3) is 11.8 Å². The van der Waals surface area contributed by atoms with Crippen LogP contribution in [0.2, 0.25) is 5.02 Å². The predicted molar refractivity (Wildman–Crippen MR) is 99.6 cm³/mol. The number of nitrogens with one attached hydrogen (secondary N) is 2. The topological polar surface area (TPSA) is 67.4 Å². The molecule has 0 saturated heterocycles. The third-order valence-corrected chi connectivity index (χ3v) is 4.12. The van der Waals surface area contributed by atoms with Crippen molar-refractivity contribution < 1.29 is 14.3 Å². The lowest BCUT2D eigenvalue weighted by Crippen LogP contribution is -2.32. The zero-order valence-corrected chi connectivity index (χ0v) is 15.2. The van der Waals surface area contributed by atoms with Gasteiger partial charge in [0, 0.05) is 11.6 Å². The summed E-state index contributed by atoms with van der Waals surface area (Å²) >= 11 is 6.06. The maximum Gasteiger partial charge on any atom is 0.255 e. The molecular weight excluding hydrogens is 340 g/mol. The van der Waals surface area contributed by atoms with Crippen LogP contribution in [-0.4, -0.2) is 25.0 Å². The van der Waals surface area contributed by atoms with E-state index in [9.17, 15) is 9.59 Å². The number of hydrogen-bond donors (Lipinski definition) is 2. The molecule has 0 unspecified atom stereocenters. The van der Waals surface area contributed by atoms with Crippen molar-refractivity contribution in [3.8, 4) is 5.75 Å². The Kier molecular flexibility index (Phi) is 6.42. The van der Waals surface area contributed by atoms with Crippen LogP contribution in [0.1, 0.15) is 41.0 Å². The highest BCUT2D eigenvalue weighted by Crippen LogP contribution is 2.25. The van der Waals surface area contributed by atoms with Gasteiger partial charge in [-0.1, -0.05) is 30.7 Å². The minimum absolute atomic E-state index is 0.0525. The Balaban J connectivity index is 2.21.